The van der Waals surface area contributed by atoms with Gasteiger partial charge in [-0.3, -0.25) is 9.40 Å². The lowest BCUT2D eigenvalue weighted by molar-refractivity contribution is 0.415. The zero-order valence-corrected chi connectivity index (χ0v) is 16.8. The predicted octanol–water partition coefficient (Wildman–Crippen LogP) is 4.00. The summed E-state index contributed by atoms with van der Waals surface area (Å²) in [6.07, 6.45) is 0. The van der Waals surface area contributed by atoms with E-state index in [9.17, 15) is 8.42 Å². The van der Waals surface area contributed by atoms with E-state index in [1.54, 1.807) is 38.4 Å². The third kappa shape index (κ3) is 4.43. The van der Waals surface area contributed by atoms with Crippen LogP contribution >= 0.6 is 11.6 Å². The van der Waals surface area contributed by atoms with Gasteiger partial charge in [0.25, 0.3) is 0 Å². The standard InChI is InChI=1S/C19H20ClN3O3S/c1-13-18(15-6-10-17(26-3)11-7-15)21-23(2)19(13)22-27(24,25)12-14-4-8-16(20)9-5-14/h4-11,22H,12H2,1-3H3. The molecule has 0 radical (unpaired) electrons. The summed E-state index contributed by atoms with van der Waals surface area (Å²) in [6, 6.07) is 14.2. The molecule has 1 N–H and O–H groups in total. The van der Waals surface area contributed by atoms with Crippen molar-refractivity contribution in [3.63, 3.8) is 0 Å². The van der Waals surface area contributed by atoms with Crippen molar-refractivity contribution in [3.05, 3.63) is 64.7 Å². The van der Waals surface area contributed by atoms with E-state index < -0.39 is 10.0 Å². The van der Waals surface area contributed by atoms with Gasteiger partial charge in [-0.05, 0) is 48.9 Å². The molecule has 0 aliphatic carbocycles. The fraction of sp³-hybridized carbons (Fsp3) is 0.211. The Labute approximate surface area is 163 Å². The monoisotopic (exact) mass is 405 g/mol. The largest absolute Gasteiger partial charge is 0.497 e. The Hall–Kier alpha value is -2.51. The van der Waals surface area contributed by atoms with Crippen LogP contribution in [0.25, 0.3) is 11.3 Å². The lowest BCUT2D eigenvalue weighted by atomic mass is 10.1. The highest BCUT2D eigenvalue weighted by atomic mass is 35.5. The number of methoxy groups -OCH3 is 1. The minimum atomic E-state index is -3.60. The molecule has 2 aromatic carbocycles. The maximum atomic E-state index is 12.6. The Morgan fingerprint density at radius 1 is 1.11 bits per heavy atom. The Bertz CT molecular complexity index is 1040. The first kappa shape index (κ1) is 19.3. The molecule has 8 heteroatoms. The molecule has 3 rings (SSSR count). The highest BCUT2D eigenvalue weighted by Gasteiger charge is 2.19. The summed E-state index contributed by atoms with van der Waals surface area (Å²) >= 11 is 5.85. The molecular formula is C19H20ClN3O3S. The zero-order valence-electron chi connectivity index (χ0n) is 15.2. The zero-order chi connectivity index (χ0) is 19.6. The van der Waals surface area contributed by atoms with Gasteiger partial charge in [-0.1, -0.05) is 23.7 Å². The maximum absolute atomic E-state index is 12.6. The molecule has 0 aliphatic heterocycles. The molecule has 142 valence electrons. The molecule has 27 heavy (non-hydrogen) atoms. The Morgan fingerprint density at radius 3 is 2.33 bits per heavy atom. The Kier molecular flexibility index (Phi) is 5.43. The molecule has 0 bridgehead atoms. The summed E-state index contributed by atoms with van der Waals surface area (Å²) in [7, 11) is -0.285. The number of sulfonamides is 1. The number of anilines is 1. The molecule has 0 saturated carbocycles. The minimum absolute atomic E-state index is 0.146. The summed E-state index contributed by atoms with van der Waals surface area (Å²) in [6.45, 7) is 1.84. The van der Waals surface area contributed by atoms with Gasteiger partial charge in [-0.25, -0.2) is 8.42 Å². The van der Waals surface area contributed by atoms with Crippen LogP contribution in [0.1, 0.15) is 11.1 Å². The van der Waals surface area contributed by atoms with Crippen LogP contribution < -0.4 is 9.46 Å². The molecule has 0 saturated heterocycles. The number of halogens is 1. The van der Waals surface area contributed by atoms with E-state index in [1.807, 2.05) is 31.2 Å². The molecule has 0 fully saturated rings. The molecule has 3 aromatic rings. The third-order valence-electron chi connectivity index (χ3n) is 4.17. The number of hydrogen-bond donors (Lipinski definition) is 1. The van der Waals surface area contributed by atoms with Gasteiger partial charge in [0.2, 0.25) is 10.0 Å². The molecule has 0 spiro atoms. The van der Waals surface area contributed by atoms with Gasteiger partial charge in [0, 0.05) is 23.2 Å². The van der Waals surface area contributed by atoms with Gasteiger partial charge >= 0.3 is 0 Å². The minimum Gasteiger partial charge on any atom is -0.497 e. The quantitative estimate of drug-likeness (QED) is 0.672. The van der Waals surface area contributed by atoms with Crippen molar-refractivity contribution in [1.82, 2.24) is 9.78 Å². The van der Waals surface area contributed by atoms with Crippen molar-refractivity contribution in [1.29, 1.82) is 0 Å². The van der Waals surface area contributed by atoms with Crippen molar-refractivity contribution >= 4 is 27.4 Å². The lowest BCUT2D eigenvalue weighted by Crippen LogP contribution is -2.17. The number of nitrogens with one attached hydrogen (secondary N) is 1. The number of aryl methyl sites for hydroxylation is 1. The fourth-order valence-corrected chi connectivity index (χ4v) is 4.19. The average molecular weight is 406 g/mol. The molecule has 0 amide bonds. The molecule has 6 nitrogen and oxygen atoms in total. The van der Waals surface area contributed by atoms with Crippen LogP contribution in [0, 0.1) is 6.92 Å². The van der Waals surface area contributed by atoms with Crippen LogP contribution in [0.2, 0.25) is 5.02 Å². The van der Waals surface area contributed by atoms with E-state index in [1.165, 1.54) is 4.68 Å². The summed E-state index contributed by atoms with van der Waals surface area (Å²) in [5, 5.41) is 5.04. The first-order valence-electron chi connectivity index (χ1n) is 8.22. The molecule has 1 aromatic heterocycles. The van der Waals surface area contributed by atoms with E-state index in [0.717, 1.165) is 16.9 Å². The van der Waals surface area contributed by atoms with Crippen LogP contribution in [0.5, 0.6) is 5.75 Å². The molecule has 0 unspecified atom stereocenters. The van der Waals surface area contributed by atoms with Gasteiger partial charge in [-0.2, -0.15) is 5.10 Å². The van der Waals surface area contributed by atoms with Crippen molar-refractivity contribution in [3.8, 4) is 17.0 Å². The summed E-state index contributed by atoms with van der Waals surface area (Å²) in [4.78, 5) is 0. The van der Waals surface area contributed by atoms with Crippen molar-refractivity contribution in [2.45, 2.75) is 12.7 Å². The molecule has 0 atom stereocenters. The second-order valence-electron chi connectivity index (χ2n) is 6.16. The Morgan fingerprint density at radius 2 is 1.74 bits per heavy atom. The van der Waals surface area contributed by atoms with E-state index in [2.05, 4.69) is 9.82 Å². The number of rotatable bonds is 6. The molecular weight excluding hydrogens is 386 g/mol. The lowest BCUT2D eigenvalue weighted by Gasteiger charge is -2.09. The first-order valence-corrected chi connectivity index (χ1v) is 10.2. The van der Waals surface area contributed by atoms with Gasteiger partial charge in [-0.15, -0.1) is 0 Å². The van der Waals surface area contributed by atoms with Crippen molar-refractivity contribution in [2.75, 3.05) is 11.8 Å². The van der Waals surface area contributed by atoms with Crippen molar-refractivity contribution < 1.29 is 13.2 Å². The van der Waals surface area contributed by atoms with E-state index in [4.69, 9.17) is 16.3 Å². The molecule has 0 aliphatic rings. The predicted molar refractivity (Wildman–Crippen MR) is 108 cm³/mol. The number of ether oxygens (including phenoxy) is 1. The van der Waals surface area contributed by atoms with E-state index >= 15 is 0 Å². The maximum Gasteiger partial charge on any atom is 0.238 e. The van der Waals surface area contributed by atoms with Crippen LogP contribution in [0.15, 0.2) is 48.5 Å². The van der Waals surface area contributed by atoms with Gasteiger partial charge < -0.3 is 4.74 Å². The number of nitrogens with zero attached hydrogens (tertiary/aromatic N) is 2. The topological polar surface area (TPSA) is 73.2 Å². The number of aromatic nitrogens is 2. The normalized spacial score (nSPS) is 11.4. The third-order valence-corrected chi connectivity index (χ3v) is 5.64. The van der Waals surface area contributed by atoms with E-state index in [0.29, 0.717) is 22.1 Å². The highest BCUT2D eigenvalue weighted by Crippen LogP contribution is 2.29. The van der Waals surface area contributed by atoms with Gasteiger partial charge in [0.15, 0.2) is 0 Å². The van der Waals surface area contributed by atoms with Crippen molar-refractivity contribution in [2.24, 2.45) is 7.05 Å². The summed E-state index contributed by atoms with van der Waals surface area (Å²) in [5.41, 5.74) is 3.00. The summed E-state index contributed by atoms with van der Waals surface area (Å²) in [5.74, 6) is 1.04. The first-order chi connectivity index (χ1) is 12.8. The fourth-order valence-electron chi connectivity index (χ4n) is 2.78. The van der Waals surface area contributed by atoms with Crippen LogP contribution in [-0.2, 0) is 22.8 Å². The van der Waals surface area contributed by atoms with Crippen LogP contribution in [0.4, 0.5) is 5.82 Å². The number of benzene rings is 2. The second kappa shape index (κ2) is 7.62. The van der Waals surface area contributed by atoms with Crippen LogP contribution in [0.3, 0.4) is 0 Å². The second-order valence-corrected chi connectivity index (χ2v) is 8.32. The van der Waals surface area contributed by atoms with Gasteiger partial charge in [0.1, 0.15) is 11.6 Å². The summed E-state index contributed by atoms with van der Waals surface area (Å²) < 4.78 is 34.5. The molecule has 1 heterocycles. The smallest absolute Gasteiger partial charge is 0.238 e. The number of hydrogen-bond acceptors (Lipinski definition) is 4. The van der Waals surface area contributed by atoms with Gasteiger partial charge in [0.05, 0.1) is 18.6 Å². The average Bonchev–Trinajstić information content (AvgIpc) is 2.91. The van der Waals surface area contributed by atoms with Crippen LogP contribution in [-0.4, -0.2) is 25.3 Å². The SMILES string of the molecule is COc1ccc(-c2nn(C)c(NS(=O)(=O)Cc3ccc(Cl)cc3)c2C)cc1. The highest BCUT2D eigenvalue weighted by molar-refractivity contribution is 7.91. The Balaban J connectivity index is 1.86. The van der Waals surface area contributed by atoms with E-state index in [-0.39, 0.29) is 5.75 Å².